The number of ether oxygens (including phenoxy) is 1. The molecule has 0 saturated carbocycles. The number of hydrogen-bond donors (Lipinski definition) is 0. The summed E-state index contributed by atoms with van der Waals surface area (Å²) < 4.78 is 24.6. The number of amides is 1. The van der Waals surface area contributed by atoms with Crippen LogP contribution >= 0.6 is 11.6 Å². The van der Waals surface area contributed by atoms with Crippen LogP contribution in [-0.4, -0.2) is 22.6 Å². The van der Waals surface area contributed by atoms with Crippen LogP contribution < -0.4 is 9.64 Å². The van der Waals surface area contributed by atoms with Crippen LogP contribution in [0.1, 0.15) is 23.8 Å². The molecule has 166 valence electrons. The zero-order chi connectivity index (χ0) is 22.8. The predicted molar refractivity (Wildman–Crippen MR) is 122 cm³/mol. The van der Waals surface area contributed by atoms with Gasteiger partial charge in [0.1, 0.15) is 18.2 Å². The van der Waals surface area contributed by atoms with Crippen LogP contribution in [0.3, 0.4) is 0 Å². The average molecular weight is 464 g/mol. The molecule has 2 heterocycles. The Morgan fingerprint density at radius 3 is 2.64 bits per heavy atom. The molecule has 8 heteroatoms. The highest BCUT2D eigenvalue weighted by Gasteiger charge is 2.36. The quantitative estimate of drug-likeness (QED) is 0.371. The van der Waals surface area contributed by atoms with Gasteiger partial charge in [-0.1, -0.05) is 47.1 Å². The number of carbonyl (C=O) groups is 1. The second-order valence-corrected chi connectivity index (χ2v) is 8.16. The summed E-state index contributed by atoms with van der Waals surface area (Å²) in [6, 6.07) is 21.3. The zero-order valence-electron chi connectivity index (χ0n) is 17.4. The van der Waals surface area contributed by atoms with Crippen molar-refractivity contribution in [3.05, 3.63) is 95.1 Å². The van der Waals surface area contributed by atoms with E-state index >= 15 is 0 Å². The van der Waals surface area contributed by atoms with E-state index in [0.29, 0.717) is 30.6 Å². The van der Waals surface area contributed by atoms with E-state index in [4.69, 9.17) is 20.9 Å². The minimum Gasteiger partial charge on any atom is -0.489 e. The molecule has 1 aromatic heterocycles. The first kappa shape index (κ1) is 21.2. The van der Waals surface area contributed by atoms with Crippen molar-refractivity contribution in [3.63, 3.8) is 0 Å². The Bertz CT molecular complexity index is 1280. The van der Waals surface area contributed by atoms with Gasteiger partial charge < -0.3 is 14.2 Å². The topological polar surface area (TPSA) is 68.5 Å². The highest BCUT2D eigenvalue weighted by Crippen LogP contribution is 2.35. The molecule has 3 aromatic carbocycles. The van der Waals surface area contributed by atoms with Gasteiger partial charge in [-0.3, -0.25) is 4.79 Å². The molecule has 1 amide bonds. The van der Waals surface area contributed by atoms with Gasteiger partial charge in [0, 0.05) is 18.5 Å². The Balaban J connectivity index is 1.26. The van der Waals surface area contributed by atoms with Crippen molar-refractivity contribution < 1.29 is 18.4 Å². The van der Waals surface area contributed by atoms with Gasteiger partial charge in [0.2, 0.25) is 17.6 Å². The van der Waals surface area contributed by atoms with Crippen LogP contribution in [0.5, 0.6) is 5.75 Å². The Labute approximate surface area is 194 Å². The Hall–Kier alpha value is -3.71. The van der Waals surface area contributed by atoms with Crippen LogP contribution in [0.4, 0.5) is 10.1 Å². The van der Waals surface area contributed by atoms with Gasteiger partial charge in [0.15, 0.2) is 0 Å². The number of halogens is 2. The number of carbonyl (C=O) groups excluding carboxylic acids is 1. The molecular formula is C25H19ClFN3O3. The smallest absolute Gasteiger partial charge is 0.232 e. The fraction of sp³-hybridized carbons (Fsp3) is 0.160. The molecule has 0 spiro atoms. The van der Waals surface area contributed by atoms with Crippen molar-refractivity contribution in [2.45, 2.75) is 18.9 Å². The van der Waals surface area contributed by atoms with E-state index in [0.717, 1.165) is 16.9 Å². The summed E-state index contributed by atoms with van der Waals surface area (Å²) in [5.41, 5.74) is 2.34. The van der Waals surface area contributed by atoms with E-state index in [9.17, 15) is 9.18 Å². The number of rotatable bonds is 6. The maximum atomic E-state index is 13.4. The van der Waals surface area contributed by atoms with Gasteiger partial charge >= 0.3 is 0 Å². The third-order valence-corrected chi connectivity index (χ3v) is 5.78. The van der Waals surface area contributed by atoms with E-state index in [-0.39, 0.29) is 23.3 Å². The summed E-state index contributed by atoms with van der Waals surface area (Å²) in [5, 5.41) is 4.26. The third-order valence-electron chi connectivity index (χ3n) is 5.48. The minimum atomic E-state index is -0.454. The summed E-state index contributed by atoms with van der Waals surface area (Å²) in [4.78, 5) is 18.6. The number of nitrogens with zero attached hydrogens (tertiary/aromatic N) is 3. The van der Waals surface area contributed by atoms with Crippen molar-refractivity contribution in [2.75, 3.05) is 11.4 Å². The van der Waals surface area contributed by atoms with E-state index < -0.39 is 5.82 Å². The normalized spacial score (nSPS) is 15.8. The maximum Gasteiger partial charge on any atom is 0.232 e. The van der Waals surface area contributed by atoms with E-state index in [1.165, 1.54) is 23.1 Å². The number of anilines is 1. The molecule has 1 aliphatic heterocycles. The standard InChI is InChI=1S/C25H19ClFN3O3/c26-21-13-19(27)8-11-22(21)30-14-18(12-23(30)31)25-28-24(29-33-25)17-6-9-20(10-7-17)32-15-16-4-2-1-3-5-16/h1-11,13,18H,12,14-15H2. The Kier molecular flexibility index (Phi) is 5.79. The molecular weight excluding hydrogens is 445 g/mol. The fourth-order valence-electron chi connectivity index (χ4n) is 3.77. The summed E-state index contributed by atoms with van der Waals surface area (Å²) in [6.07, 6.45) is 0.210. The molecule has 1 aliphatic rings. The van der Waals surface area contributed by atoms with Crippen LogP contribution in [-0.2, 0) is 11.4 Å². The van der Waals surface area contributed by atoms with Gasteiger partial charge in [-0.25, -0.2) is 4.39 Å². The van der Waals surface area contributed by atoms with Crippen molar-refractivity contribution in [3.8, 4) is 17.1 Å². The second-order valence-electron chi connectivity index (χ2n) is 7.76. The monoisotopic (exact) mass is 463 g/mol. The summed E-state index contributed by atoms with van der Waals surface area (Å²) in [5.74, 6) is 0.694. The van der Waals surface area contributed by atoms with Gasteiger partial charge in [0.05, 0.1) is 16.6 Å². The van der Waals surface area contributed by atoms with Crippen LogP contribution in [0, 0.1) is 5.82 Å². The molecule has 4 aromatic rings. The predicted octanol–water partition coefficient (Wildman–Crippen LogP) is 5.63. The summed E-state index contributed by atoms with van der Waals surface area (Å²) in [7, 11) is 0. The van der Waals surface area contributed by atoms with Crippen LogP contribution in [0.25, 0.3) is 11.4 Å². The lowest BCUT2D eigenvalue weighted by atomic mass is 10.1. The third kappa shape index (κ3) is 4.59. The molecule has 0 bridgehead atoms. The van der Waals surface area contributed by atoms with E-state index in [1.54, 1.807) is 0 Å². The first-order valence-electron chi connectivity index (χ1n) is 10.4. The van der Waals surface area contributed by atoms with Crippen molar-refractivity contribution >= 4 is 23.2 Å². The van der Waals surface area contributed by atoms with E-state index in [2.05, 4.69) is 10.1 Å². The second kappa shape index (κ2) is 9.03. The maximum absolute atomic E-state index is 13.4. The Morgan fingerprint density at radius 1 is 1.09 bits per heavy atom. The first-order chi connectivity index (χ1) is 16.1. The number of hydrogen-bond acceptors (Lipinski definition) is 5. The molecule has 5 rings (SSSR count). The van der Waals surface area contributed by atoms with Gasteiger partial charge in [0.25, 0.3) is 0 Å². The molecule has 6 nitrogen and oxygen atoms in total. The lowest BCUT2D eigenvalue weighted by Gasteiger charge is -2.17. The molecule has 1 unspecified atom stereocenters. The van der Waals surface area contributed by atoms with Crippen molar-refractivity contribution in [1.82, 2.24) is 10.1 Å². The number of aromatic nitrogens is 2. The molecule has 0 aliphatic carbocycles. The summed E-state index contributed by atoms with van der Waals surface area (Å²) >= 11 is 6.13. The lowest BCUT2D eigenvalue weighted by Crippen LogP contribution is -2.24. The van der Waals surface area contributed by atoms with E-state index in [1.807, 2.05) is 54.6 Å². The van der Waals surface area contributed by atoms with Gasteiger partial charge in [-0.15, -0.1) is 0 Å². The van der Waals surface area contributed by atoms with Gasteiger partial charge in [-0.2, -0.15) is 4.98 Å². The minimum absolute atomic E-state index is 0.131. The lowest BCUT2D eigenvalue weighted by molar-refractivity contribution is -0.117. The largest absolute Gasteiger partial charge is 0.489 e. The zero-order valence-corrected chi connectivity index (χ0v) is 18.2. The Morgan fingerprint density at radius 2 is 1.88 bits per heavy atom. The molecule has 1 saturated heterocycles. The highest BCUT2D eigenvalue weighted by molar-refractivity contribution is 6.33. The van der Waals surface area contributed by atoms with Gasteiger partial charge in [-0.05, 0) is 48.0 Å². The average Bonchev–Trinajstić information content (AvgIpc) is 3.46. The SMILES string of the molecule is O=C1CC(c2nc(-c3ccc(OCc4ccccc4)cc3)no2)CN1c1ccc(F)cc1Cl. The number of benzene rings is 3. The molecule has 1 fully saturated rings. The molecule has 0 radical (unpaired) electrons. The molecule has 33 heavy (non-hydrogen) atoms. The first-order valence-corrected chi connectivity index (χ1v) is 10.8. The van der Waals surface area contributed by atoms with Crippen LogP contribution in [0.15, 0.2) is 77.3 Å². The van der Waals surface area contributed by atoms with Crippen LogP contribution in [0.2, 0.25) is 5.02 Å². The fourth-order valence-corrected chi connectivity index (χ4v) is 4.03. The molecule has 0 N–H and O–H groups in total. The van der Waals surface area contributed by atoms with Crippen molar-refractivity contribution in [2.24, 2.45) is 0 Å². The molecule has 1 atom stereocenters. The van der Waals surface area contributed by atoms with Crippen molar-refractivity contribution in [1.29, 1.82) is 0 Å². The highest BCUT2D eigenvalue weighted by atomic mass is 35.5. The summed E-state index contributed by atoms with van der Waals surface area (Å²) in [6.45, 7) is 0.814.